The number of nitrogens with zero attached hydrogens (tertiary/aromatic N) is 5. The van der Waals surface area contributed by atoms with Gasteiger partial charge in [0.25, 0.3) is 0 Å². The molecule has 0 aliphatic carbocycles. The highest BCUT2D eigenvalue weighted by atomic mass is 127. The number of likely N-dealkylation sites (tertiary alicyclic amines) is 1. The van der Waals surface area contributed by atoms with Crippen LogP contribution < -0.4 is 16.4 Å². The van der Waals surface area contributed by atoms with Crippen LogP contribution in [0.1, 0.15) is 37.4 Å². The van der Waals surface area contributed by atoms with Crippen molar-refractivity contribution < 1.29 is 0 Å². The standard InChI is InChI=1S/C22H32N8.HI/c1-3-29-14-8-11-18(29)16-27-22(25-2)26-13-7-12-20-19(15-23)21(24)30(28-20)17-9-5-4-6-10-17;/h4-6,9-10,18H,3,7-8,11-14,16,24H2,1-2H3,(H2,25,26,27);1H. The molecule has 8 nitrogen and oxygen atoms in total. The van der Waals surface area contributed by atoms with Crippen LogP contribution in [0.25, 0.3) is 5.69 Å². The minimum absolute atomic E-state index is 0. The molecule has 1 fully saturated rings. The molecule has 3 rings (SSSR count). The minimum Gasteiger partial charge on any atom is -0.382 e. The van der Waals surface area contributed by atoms with Crippen molar-refractivity contribution in [1.82, 2.24) is 25.3 Å². The predicted octanol–water partition coefficient (Wildman–Crippen LogP) is 2.53. The Morgan fingerprint density at radius 2 is 2.10 bits per heavy atom. The van der Waals surface area contributed by atoms with Gasteiger partial charge >= 0.3 is 0 Å². The Morgan fingerprint density at radius 3 is 2.77 bits per heavy atom. The van der Waals surface area contributed by atoms with Crippen molar-refractivity contribution in [2.45, 2.75) is 38.6 Å². The van der Waals surface area contributed by atoms with E-state index in [0.29, 0.717) is 23.8 Å². The maximum atomic E-state index is 9.53. The molecule has 0 spiro atoms. The first-order valence-corrected chi connectivity index (χ1v) is 10.7. The first-order valence-electron chi connectivity index (χ1n) is 10.7. The molecule has 1 aliphatic heterocycles. The first-order chi connectivity index (χ1) is 14.7. The molecule has 0 radical (unpaired) electrons. The lowest BCUT2D eigenvalue weighted by Crippen LogP contribution is -2.45. The van der Waals surface area contributed by atoms with Gasteiger partial charge in [-0.15, -0.1) is 24.0 Å². The SMILES string of the molecule is CCN1CCCC1CNC(=NC)NCCCc1nn(-c2ccccc2)c(N)c1C#N.I. The van der Waals surface area contributed by atoms with Gasteiger partial charge in [0.1, 0.15) is 17.5 Å². The maximum absolute atomic E-state index is 9.53. The summed E-state index contributed by atoms with van der Waals surface area (Å²) in [5.41, 5.74) is 8.22. The molecular formula is C22H33IN8. The molecule has 1 aromatic heterocycles. The van der Waals surface area contributed by atoms with Crippen LogP contribution in [0.2, 0.25) is 0 Å². The van der Waals surface area contributed by atoms with Crippen LogP contribution in [0.15, 0.2) is 35.3 Å². The van der Waals surface area contributed by atoms with Crippen LogP contribution in [-0.4, -0.2) is 59.9 Å². The van der Waals surface area contributed by atoms with Crippen LogP contribution in [0.4, 0.5) is 5.82 Å². The number of para-hydroxylation sites is 1. The van der Waals surface area contributed by atoms with Gasteiger partial charge in [-0.25, -0.2) is 4.68 Å². The highest BCUT2D eigenvalue weighted by Crippen LogP contribution is 2.21. The lowest BCUT2D eigenvalue weighted by atomic mass is 10.1. The number of anilines is 1. The van der Waals surface area contributed by atoms with E-state index in [0.717, 1.165) is 43.4 Å². The Kier molecular flexibility index (Phi) is 10.1. The van der Waals surface area contributed by atoms with E-state index in [1.54, 1.807) is 11.7 Å². The van der Waals surface area contributed by atoms with Gasteiger partial charge in [-0.2, -0.15) is 10.4 Å². The lowest BCUT2D eigenvalue weighted by molar-refractivity contribution is 0.267. The van der Waals surface area contributed by atoms with E-state index in [1.807, 2.05) is 30.3 Å². The number of benzene rings is 1. The molecule has 0 bridgehead atoms. The molecule has 0 amide bonds. The van der Waals surface area contributed by atoms with Gasteiger partial charge in [0.05, 0.1) is 11.4 Å². The van der Waals surface area contributed by atoms with E-state index in [2.05, 4.69) is 38.6 Å². The number of halogens is 1. The number of hydrogen-bond donors (Lipinski definition) is 3. The van der Waals surface area contributed by atoms with Gasteiger partial charge in [0.15, 0.2) is 5.96 Å². The molecular weight excluding hydrogens is 503 g/mol. The summed E-state index contributed by atoms with van der Waals surface area (Å²) in [5.74, 6) is 1.20. The van der Waals surface area contributed by atoms with Crippen molar-refractivity contribution >= 4 is 35.8 Å². The third-order valence-corrected chi connectivity index (χ3v) is 5.62. The van der Waals surface area contributed by atoms with E-state index in [9.17, 15) is 5.26 Å². The second-order valence-electron chi connectivity index (χ2n) is 7.47. The number of nitriles is 1. The zero-order valence-corrected chi connectivity index (χ0v) is 20.7. The highest BCUT2D eigenvalue weighted by molar-refractivity contribution is 14.0. The predicted molar refractivity (Wildman–Crippen MR) is 136 cm³/mol. The normalized spacial score (nSPS) is 16.5. The molecule has 0 saturated carbocycles. The molecule has 4 N–H and O–H groups in total. The number of aryl methyl sites for hydroxylation is 1. The summed E-state index contributed by atoms with van der Waals surface area (Å²) in [7, 11) is 1.79. The Balaban J connectivity index is 0.00000341. The van der Waals surface area contributed by atoms with Crippen molar-refractivity contribution in [2.75, 3.05) is 39.0 Å². The van der Waals surface area contributed by atoms with E-state index in [-0.39, 0.29) is 24.0 Å². The molecule has 9 heteroatoms. The zero-order chi connectivity index (χ0) is 21.3. The number of rotatable bonds is 8. The molecule has 1 aliphatic rings. The van der Waals surface area contributed by atoms with E-state index < -0.39 is 0 Å². The van der Waals surface area contributed by atoms with Gasteiger partial charge in [0, 0.05) is 26.2 Å². The quantitative estimate of drug-likeness (QED) is 0.207. The van der Waals surface area contributed by atoms with E-state index in [4.69, 9.17) is 5.73 Å². The summed E-state index contributed by atoms with van der Waals surface area (Å²) in [6.45, 7) is 6.15. The number of aliphatic imine (C=N–C) groups is 1. The average Bonchev–Trinajstić information content (AvgIpc) is 3.37. The fourth-order valence-corrected chi connectivity index (χ4v) is 3.98. The molecule has 31 heavy (non-hydrogen) atoms. The number of likely N-dealkylation sites (N-methyl/N-ethyl adjacent to an activating group) is 1. The largest absolute Gasteiger partial charge is 0.382 e. The van der Waals surface area contributed by atoms with Crippen molar-refractivity contribution in [2.24, 2.45) is 4.99 Å². The van der Waals surface area contributed by atoms with Crippen molar-refractivity contribution in [3.63, 3.8) is 0 Å². The molecule has 2 heterocycles. The Morgan fingerprint density at radius 1 is 1.32 bits per heavy atom. The maximum Gasteiger partial charge on any atom is 0.191 e. The topological polar surface area (TPSA) is 107 Å². The summed E-state index contributed by atoms with van der Waals surface area (Å²) in [6, 6.07) is 12.4. The second kappa shape index (κ2) is 12.5. The number of nitrogens with one attached hydrogen (secondary N) is 2. The summed E-state index contributed by atoms with van der Waals surface area (Å²) >= 11 is 0. The summed E-state index contributed by atoms with van der Waals surface area (Å²) in [6.07, 6.45) is 4.00. The van der Waals surface area contributed by atoms with Crippen LogP contribution >= 0.6 is 24.0 Å². The molecule has 168 valence electrons. The van der Waals surface area contributed by atoms with E-state index >= 15 is 0 Å². The first kappa shape index (κ1) is 24.9. The summed E-state index contributed by atoms with van der Waals surface area (Å²) in [5, 5.41) is 20.9. The number of aromatic nitrogens is 2. The van der Waals surface area contributed by atoms with Crippen LogP contribution in [-0.2, 0) is 6.42 Å². The Bertz CT molecular complexity index is 887. The second-order valence-corrected chi connectivity index (χ2v) is 7.47. The summed E-state index contributed by atoms with van der Waals surface area (Å²) < 4.78 is 1.64. The number of hydrogen-bond acceptors (Lipinski definition) is 5. The zero-order valence-electron chi connectivity index (χ0n) is 18.3. The minimum atomic E-state index is 0. The Labute approximate surface area is 201 Å². The molecule has 2 aromatic rings. The van der Waals surface area contributed by atoms with Gasteiger partial charge in [-0.3, -0.25) is 9.89 Å². The van der Waals surface area contributed by atoms with Gasteiger partial charge < -0.3 is 16.4 Å². The van der Waals surface area contributed by atoms with E-state index in [1.165, 1.54) is 19.4 Å². The fraction of sp³-hybridized carbons (Fsp3) is 0.500. The summed E-state index contributed by atoms with van der Waals surface area (Å²) in [4.78, 5) is 6.83. The lowest BCUT2D eigenvalue weighted by Gasteiger charge is -2.23. The third-order valence-electron chi connectivity index (χ3n) is 5.62. The fourth-order valence-electron chi connectivity index (χ4n) is 3.98. The van der Waals surface area contributed by atoms with Crippen molar-refractivity contribution in [3.05, 3.63) is 41.6 Å². The van der Waals surface area contributed by atoms with Gasteiger partial charge in [0.2, 0.25) is 0 Å². The molecule has 1 atom stereocenters. The van der Waals surface area contributed by atoms with Gasteiger partial charge in [-0.1, -0.05) is 25.1 Å². The molecule has 1 saturated heterocycles. The average molecular weight is 536 g/mol. The monoisotopic (exact) mass is 536 g/mol. The molecule has 1 aromatic carbocycles. The Hall–Kier alpha value is -2.32. The van der Waals surface area contributed by atoms with Crippen LogP contribution in [0, 0.1) is 11.3 Å². The number of nitrogen functional groups attached to an aromatic ring is 1. The highest BCUT2D eigenvalue weighted by Gasteiger charge is 2.22. The van der Waals surface area contributed by atoms with Gasteiger partial charge in [-0.05, 0) is 50.9 Å². The number of nitrogens with two attached hydrogens (primary N) is 1. The smallest absolute Gasteiger partial charge is 0.191 e. The molecule has 1 unspecified atom stereocenters. The van der Waals surface area contributed by atoms with Crippen LogP contribution in [0.3, 0.4) is 0 Å². The van der Waals surface area contributed by atoms with Crippen molar-refractivity contribution in [3.8, 4) is 11.8 Å². The van der Waals surface area contributed by atoms with Crippen LogP contribution in [0.5, 0.6) is 0 Å². The van der Waals surface area contributed by atoms with Crippen molar-refractivity contribution in [1.29, 1.82) is 5.26 Å². The number of guanidine groups is 1. The third kappa shape index (κ3) is 6.33.